The molecular formula is C25H20N2O3. The second-order valence-electron chi connectivity index (χ2n) is 8.19. The molecular weight excluding hydrogens is 376 g/mol. The van der Waals surface area contributed by atoms with Crippen LogP contribution in [0.3, 0.4) is 0 Å². The average molecular weight is 396 g/mol. The molecule has 0 bridgehead atoms. The summed E-state index contributed by atoms with van der Waals surface area (Å²) in [6.07, 6.45) is 2.53. The Morgan fingerprint density at radius 3 is 2.70 bits per heavy atom. The quantitative estimate of drug-likeness (QED) is 0.511. The lowest BCUT2D eigenvalue weighted by Crippen LogP contribution is -2.33. The number of amides is 1. The molecule has 3 heterocycles. The molecule has 148 valence electrons. The van der Waals surface area contributed by atoms with E-state index < -0.39 is 5.41 Å². The van der Waals surface area contributed by atoms with Gasteiger partial charge in [-0.3, -0.25) is 4.79 Å². The van der Waals surface area contributed by atoms with E-state index >= 15 is 0 Å². The van der Waals surface area contributed by atoms with E-state index in [1.807, 2.05) is 37.4 Å². The molecule has 1 unspecified atom stereocenters. The van der Waals surface area contributed by atoms with E-state index in [2.05, 4.69) is 46.7 Å². The van der Waals surface area contributed by atoms with Gasteiger partial charge in [0.25, 0.3) is 0 Å². The van der Waals surface area contributed by atoms with E-state index in [0.717, 1.165) is 45.0 Å². The summed E-state index contributed by atoms with van der Waals surface area (Å²) in [4.78, 5) is 16.2. The van der Waals surface area contributed by atoms with Crippen LogP contribution >= 0.6 is 0 Å². The van der Waals surface area contributed by atoms with Crippen molar-refractivity contribution in [2.45, 2.75) is 18.8 Å². The summed E-state index contributed by atoms with van der Waals surface area (Å²) in [5, 5.41) is 4.24. The van der Waals surface area contributed by atoms with Crippen LogP contribution in [-0.4, -0.2) is 17.7 Å². The first kappa shape index (κ1) is 17.2. The second kappa shape index (κ2) is 6.13. The summed E-state index contributed by atoms with van der Waals surface area (Å²) in [6, 6.07) is 20.6. The van der Waals surface area contributed by atoms with Gasteiger partial charge in [0.1, 0.15) is 0 Å². The molecule has 5 nitrogen and oxygen atoms in total. The minimum atomic E-state index is -0.656. The van der Waals surface area contributed by atoms with E-state index in [9.17, 15) is 4.79 Å². The van der Waals surface area contributed by atoms with Crippen molar-refractivity contribution in [2.24, 2.45) is 0 Å². The van der Waals surface area contributed by atoms with Crippen molar-refractivity contribution in [1.82, 2.24) is 4.98 Å². The third kappa shape index (κ3) is 2.52. The first-order valence-corrected chi connectivity index (χ1v) is 10.0. The zero-order valence-corrected chi connectivity index (χ0v) is 16.5. The van der Waals surface area contributed by atoms with Crippen molar-refractivity contribution in [3.63, 3.8) is 0 Å². The van der Waals surface area contributed by atoms with Gasteiger partial charge < -0.3 is 19.8 Å². The Labute approximate surface area is 173 Å². The van der Waals surface area contributed by atoms with Crippen molar-refractivity contribution in [1.29, 1.82) is 0 Å². The molecule has 5 heteroatoms. The highest BCUT2D eigenvalue weighted by Gasteiger charge is 2.43. The number of H-pyrrole nitrogens is 1. The molecule has 1 atom stereocenters. The van der Waals surface area contributed by atoms with Gasteiger partial charge in [-0.25, -0.2) is 0 Å². The Balaban J connectivity index is 1.40. The van der Waals surface area contributed by atoms with Crippen LogP contribution < -0.4 is 14.8 Å². The number of benzene rings is 3. The van der Waals surface area contributed by atoms with Gasteiger partial charge in [-0.1, -0.05) is 18.2 Å². The lowest BCUT2D eigenvalue weighted by atomic mass is 9.77. The number of rotatable bonds is 3. The third-order valence-corrected chi connectivity index (χ3v) is 6.24. The van der Waals surface area contributed by atoms with Gasteiger partial charge in [-0.05, 0) is 83.4 Å². The van der Waals surface area contributed by atoms with Crippen LogP contribution in [0, 0.1) is 0 Å². The highest BCUT2D eigenvalue weighted by Crippen LogP contribution is 2.43. The topological polar surface area (TPSA) is 63.4 Å². The van der Waals surface area contributed by atoms with Gasteiger partial charge in [0.15, 0.2) is 11.5 Å². The fourth-order valence-corrected chi connectivity index (χ4v) is 4.54. The molecule has 0 saturated carbocycles. The number of hydrogen-bond acceptors (Lipinski definition) is 3. The number of carbonyl (C=O) groups excluding carboxylic acids is 1. The van der Waals surface area contributed by atoms with E-state index in [1.54, 1.807) is 0 Å². The number of hydrogen-bond donors (Lipinski definition) is 2. The third-order valence-electron chi connectivity index (χ3n) is 6.24. The zero-order chi connectivity index (χ0) is 20.3. The maximum atomic E-state index is 13.0. The first-order chi connectivity index (χ1) is 14.6. The molecule has 30 heavy (non-hydrogen) atoms. The monoisotopic (exact) mass is 396 g/mol. The van der Waals surface area contributed by atoms with Crippen LogP contribution in [0.25, 0.3) is 22.0 Å². The van der Waals surface area contributed by atoms with Gasteiger partial charge in [-0.15, -0.1) is 0 Å². The minimum absolute atomic E-state index is 0.0217. The summed E-state index contributed by atoms with van der Waals surface area (Å²) in [7, 11) is 0. The number of aromatic amines is 1. The lowest BCUT2D eigenvalue weighted by molar-refractivity contribution is -0.120. The van der Waals surface area contributed by atoms with Crippen LogP contribution in [0.5, 0.6) is 11.5 Å². The number of anilines is 1. The molecule has 0 saturated heterocycles. The summed E-state index contributed by atoms with van der Waals surface area (Å²) in [5.41, 5.74) is 5.65. The van der Waals surface area contributed by atoms with E-state index in [0.29, 0.717) is 6.42 Å². The number of ether oxygens (including phenoxy) is 2. The molecule has 1 aromatic heterocycles. The summed E-state index contributed by atoms with van der Waals surface area (Å²) in [5.74, 6) is 1.51. The van der Waals surface area contributed by atoms with Crippen molar-refractivity contribution >= 4 is 22.5 Å². The number of aromatic nitrogens is 1. The largest absolute Gasteiger partial charge is 0.454 e. The Kier molecular flexibility index (Phi) is 3.51. The minimum Gasteiger partial charge on any atom is -0.454 e. The van der Waals surface area contributed by atoms with Gasteiger partial charge in [0, 0.05) is 17.4 Å². The predicted octanol–water partition coefficient (Wildman–Crippen LogP) is 5.02. The summed E-state index contributed by atoms with van der Waals surface area (Å²) < 4.78 is 10.9. The van der Waals surface area contributed by atoms with Crippen molar-refractivity contribution < 1.29 is 14.3 Å². The van der Waals surface area contributed by atoms with Crippen molar-refractivity contribution in [3.8, 4) is 22.6 Å². The summed E-state index contributed by atoms with van der Waals surface area (Å²) in [6.45, 7) is 2.26. The number of carbonyl (C=O) groups is 1. The molecule has 0 spiro atoms. The van der Waals surface area contributed by atoms with Crippen LogP contribution in [0.2, 0.25) is 0 Å². The van der Waals surface area contributed by atoms with Gasteiger partial charge in [-0.2, -0.15) is 0 Å². The molecule has 0 radical (unpaired) electrons. The Morgan fingerprint density at radius 2 is 1.77 bits per heavy atom. The molecule has 2 N–H and O–H groups in total. The Morgan fingerprint density at radius 1 is 0.933 bits per heavy atom. The Bertz CT molecular complexity index is 1320. The standard InChI is InChI=1S/C25H20N2O3/c1-25(13-15-2-7-22-23(10-15)30-14-29-22)19-12-17(4-6-21(19)27-24(25)28)16-3-5-20-18(11-16)8-9-26-20/h2-12,26H,13-14H2,1H3,(H,27,28). The molecule has 0 fully saturated rings. The summed E-state index contributed by atoms with van der Waals surface area (Å²) >= 11 is 0. The van der Waals surface area contributed by atoms with Gasteiger partial charge in [0.05, 0.1) is 5.41 Å². The molecule has 1 amide bonds. The van der Waals surface area contributed by atoms with Crippen LogP contribution in [0.15, 0.2) is 66.9 Å². The lowest BCUT2D eigenvalue weighted by Gasteiger charge is -2.23. The smallest absolute Gasteiger partial charge is 0.235 e. The van der Waals surface area contributed by atoms with E-state index in [-0.39, 0.29) is 12.7 Å². The van der Waals surface area contributed by atoms with Crippen molar-refractivity contribution in [2.75, 3.05) is 12.1 Å². The van der Waals surface area contributed by atoms with Crippen LogP contribution in [0.1, 0.15) is 18.1 Å². The highest BCUT2D eigenvalue weighted by atomic mass is 16.7. The normalized spacial score (nSPS) is 19.2. The molecule has 6 rings (SSSR count). The fourth-order valence-electron chi connectivity index (χ4n) is 4.54. The van der Waals surface area contributed by atoms with Gasteiger partial charge >= 0.3 is 0 Å². The molecule has 0 aliphatic carbocycles. The molecule has 2 aliphatic rings. The number of nitrogens with one attached hydrogen (secondary N) is 2. The predicted molar refractivity (Wildman–Crippen MR) is 116 cm³/mol. The zero-order valence-electron chi connectivity index (χ0n) is 16.5. The maximum absolute atomic E-state index is 13.0. The molecule has 2 aliphatic heterocycles. The fraction of sp³-hybridized carbons (Fsp3) is 0.160. The molecule has 3 aromatic carbocycles. The van der Waals surface area contributed by atoms with Crippen LogP contribution in [0.4, 0.5) is 5.69 Å². The second-order valence-corrected chi connectivity index (χ2v) is 8.19. The number of fused-ring (bicyclic) bond motifs is 3. The highest BCUT2D eigenvalue weighted by molar-refractivity contribution is 6.06. The van der Waals surface area contributed by atoms with Crippen LogP contribution in [-0.2, 0) is 16.6 Å². The maximum Gasteiger partial charge on any atom is 0.235 e. The van der Waals surface area contributed by atoms with Crippen molar-refractivity contribution in [3.05, 3.63) is 78.0 Å². The first-order valence-electron chi connectivity index (χ1n) is 10.0. The van der Waals surface area contributed by atoms with Gasteiger partial charge in [0.2, 0.25) is 12.7 Å². The molecule has 4 aromatic rings. The Hall–Kier alpha value is -3.73. The average Bonchev–Trinajstić information content (AvgIpc) is 3.46. The van der Waals surface area contributed by atoms with E-state index in [1.165, 1.54) is 5.39 Å². The van der Waals surface area contributed by atoms with E-state index in [4.69, 9.17) is 9.47 Å². The SMILES string of the molecule is CC1(Cc2ccc3c(c2)OCO3)C(=O)Nc2ccc(-c3ccc4[nH]ccc4c3)cc21.